The first-order valence-electron chi connectivity index (χ1n) is 7.05. The summed E-state index contributed by atoms with van der Waals surface area (Å²) in [7, 11) is 0. The van der Waals surface area contributed by atoms with Gasteiger partial charge in [0.05, 0.1) is 6.54 Å². The molecular weight excluding hydrogens is 330 g/mol. The molecule has 0 atom stereocenters. The second kappa shape index (κ2) is 6.67. The highest BCUT2D eigenvalue weighted by molar-refractivity contribution is 9.10. The molecule has 1 heterocycles. The van der Waals surface area contributed by atoms with Crippen molar-refractivity contribution in [2.45, 2.75) is 46.4 Å². The van der Waals surface area contributed by atoms with Gasteiger partial charge in [0.1, 0.15) is 23.9 Å². The topological polar surface area (TPSA) is 34.4 Å². The smallest absolute Gasteiger partial charge is 0.119 e. The predicted molar refractivity (Wildman–Crippen MR) is 88.5 cm³/mol. The summed E-state index contributed by atoms with van der Waals surface area (Å²) in [6, 6.07) is 9.89. The van der Waals surface area contributed by atoms with E-state index >= 15 is 0 Å². The highest BCUT2D eigenvalue weighted by Crippen LogP contribution is 2.20. The molecule has 2 aromatic rings. The summed E-state index contributed by atoms with van der Waals surface area (Å²) >= 11 is 3.41. The van der Waals surface area contributed by atoms with E-state index in [0.717, 1.165) is 33.9 Å². The average Bonchev–Trinajstić information content (AvgIpc) is 2.76. The van der Waals surface area contributed by atoms with Crippen LogP contribution < -0.4 is 10.1 Å². The van der Waals surface area contributed by atoms with Crippen LogP contribution in [-0.4, -0.2) is 5.54 Å². The summed E-state index contributed by atoms with van der Waals surface area (Å²) < 4.78 is 12.6. The van der Waals surface area contributed by atoms with Gasteiger partial charge >= 0.3 is 0 Å². The van der Waals surface area contributed by atoms with Crippen LogP contribution in [-0.2, 0) is 13.2 Å². The Kier molecular flexibility index (Phi) is 5.12. The second-order valence-electron chi connectivity index (χ2n) is 6.14. The zero-order valence-electron chi connectivity index (χ0n) is 13.0. The normalized spacial score (nSPS) is 11.7. The summed E-state index contributed by atoms with van der Waals surface area (Å²) in [6.07, 6.45) is 0. The van der Waals surface area contributed by atoms with Crippen molar-refractivity contribution in [3.05, 3.63) is 51.9 Å². The number of aryl methyl sites for hydroxylation is 1. The van der Waals surface area contributed by atoms with Crippen LogP contribution in [0.5, 0.6) is 5.75 Å². The third-order valence-corrected chi connectivity index (χ3v) is 3.60. The third-order valence-electron chi connectivity index (χ3n) is 3.07. The minimum absolute atomic E-state index is 0.0782. The Balaban J connectivity index is 1.94. The number of nitrogens with one attached hydrogen (secondary N) is 1. The lowest BCUT2D eigenvalue weighted by Gasteiger charge is -2.19. The molecule has 0 aliphatic carbocycles. The van der Waals surface area contributed by atoms with Crippen molar-refractivity contribution in [2.24, 2.45) is 0 Å². The van der Waals surface area contributed by atoms with Gasteiger partial charge in [0.2, 0.25) is 0 Å². The second-order valence-corrected chi connectivity index (χ2v) is 7.06. The van der Waals surface area contributed by atoms with Crippen LogP contribution in [0.15, 0.2) is 39.2 Å². The largest absolute Gasteiger partial charge is 0.489 e. The first-order chi connectivity index (χ1) is 9.83. The van der Waals surface area contributed by atoms with E-state index in [1.165, 1.54) is 0 Å². The van der Waals surface area contributed by atoms with Crippen LogP contribution in [0.25, 0.3) is 0 Å². The zero-order chi connectivity index (χ0) is 15.5. The van der Waals surface area contributed by atoms with E-state index in [1.54, 1.807) is 0 Å². The molecule has 0 saturated heterocycles. The van der Waals surface area contributed by atoms with Gasteiger partial charge < -0.3 is 14.5 Å². The monoisotopic (exact) mass is 351 g/mol. The maximum atomic E-state index is 5.79. The summed E-state index contributed by atoms with van der Waals surface area (Å²) in [5.41, 5.74) is 1.16. The van der Waals surface area contributed by atoms with E-state index in [2.05, 4.69) is 48.1 Å². The molecule has 0 amide bonds. The van der Waals surface area contributed by atoms with Crippen molar-refractivity contribution in [3.8, 4) is 5.75 Å². The van der Waals surface area contributed by atoms with Crippen molar-refractivity contribution in [1.82, 2.24) is 5.32 Å². The minimum atomic E-state index is 0.0782. The van der Waals surface area contributed by atoms with Crippen LogP contribution in [0.1, 0.15) is 37.9 Å². The summed E-state index contributed by atoms with van der Waals surface area (Å²) in [5.74, 6) is 2.71. The Morgan fingerprint density at radius 3 is 2.48 bits per heavy atom. The van der Waals surface area contributed by atoms with Crippen LogP contribution in [0.4, 0.5) is 0 Å². The maximum Gasteiger partial charge on any atom is 0.119 e. The van der Waals surface area contributed by atoms with Gasteiger partial charge in [0.15, 0.2) is 0 Å². The van der Waals surface area contributed by atoms with Gasteiger partial charge in [0.25, 0.3) is 0 Å². The number of furan rings is 1. The van der Waals surface area contributed by atoms with Crippen molar-refractivity contribution >= 4 is 15.9 Å². The molecule has 0 fully saturated rings. The van der Waals surface area contributed by atoms with Crippen molar-refractivity contribution in [2.75, 3.05) is 0 Å². The third kappa shape index (κ3) is 5.21. The van der Waals surface area contributed by atoms with Crippen LogP contribution in [0, 0.1) is 6.92 Å². The highest BCUT2D eigenvalue weighted by atomic mass is 79.9. The highest BCUT2D eigenvalue weighted by Gasteiger charge is 2.12. The molecule has 1 N–H and O–H groups in total. The van der Waals surface area contributed by atoms with Crippen LogP contribution >= 0.6 is 15.9 Å². The molecule has 0 saturated carbocycles. The van der Waals surface area contributed by atoms with Crippen molar-refractivity contribution in [1.29, 1.82) is 0 Å². The molecule has 0 radical (unpaired) electrons. The molecule has 21 heavy (non-hydrogen) atoms. The van der Waals surface area contributed by atoms with Gasteiger partial charge in [-0.05, 0) is 58.0 Å². The Bertz CT molecular complexity index is 582. The van der Waals surface area contributed by atoms with Crippen LogP contribution in [0.2, 0.25) is 0 Å². The molecule has 0 unspecified atom stereocenters. The number of rotatable bonds is 5. The molecule has 0 bridgehead atoms. The van der Waals surface area contributed by atoms with Crippen molar-refractivity contribution < 1.29 is 9.15 Å². The fourth-order valence-electron chi connectivity index (χ4n) is 1.86. The summed E-state index contributed by atoms with van der Waals surface area (Å²) in [5, 5.41) is 3.42. The van der Waals surface area contributed by atoms with E-state index in [0.29, 0.717) is 6.61 Å². The molecule has 114 valence electrons. The Morgan fingerprint density at radius 1 is 1.19 bits per heavy atom. The summed E-state index contributed by atoms with van der Waals surface area (Å²) in [4.78, 5) is 0. The molecule has 1 aromatic heterocycles. The predicted octanol–water partition coefficient (Wildman–Crippen LogP) is 4.82. The summed E-state index contributed by atoms with van der Waals surface area (Å²) in [6.45, 7) is 9.64. The fraction of sp³-hybridized carbons (Fsp3) is 0.412. The molecule has 0 spiro atoms. The van der Waals surface area contributed by atoms with E-state index in [9.17, 15) is 0 Å². The van der Waals surface area contributed by atoms with Gasteiger partial charge in [-0.2, -0.15) is 0 Å². The van der Waals surface area contributed by atoms with Gasteiger partial charge in [0, 0.05) is 15.6 Å². The quantitative estimate of drug-likeness (QED) is 0.838. The molecule has 3 nitrogen and oxygen atoms in total. The Hall–Kier alpha value is -1.26. The minimum Gasteiger partial charge on any atom is -0.489 e. The molecule has 1 aromatic carbocycles. The number of hydrogen-bond donors (Lipinski definition) is 1. The SMILES string of the molecule is Cc1oc(CNC(C)(C)C)cc1COc1ccc(Br)cc1. The lowest BCUT2D eigenvalue weighted by molar-refractivity contribution is 0.302. The van der Waals surface area contributed by atoms with Gasteiger partial charge in [-0.3, -0.25) is 0 Å². The van der Waals surface area contributed by atoms with E-state index in [1.807, 2.05) is 31.2 Å². The number of halogens is 1. The molecule has 2 rings (SSSR count). The number of benzene rings is 1. The van der Waals surface area contributed by atoms with Gasteiger partial charge in [-0.15, -0.1) is 0 Å². The number of ether oxygens (including phenoxy) is 1. The molecular formula is C17H22BrNO2. The molecule has 4 heteroatoms. The molecule has 0 aliphatic heterocycles. The standard InChI is InChI=1S/C17H22BrNO2/c1-12-13(9-16(21-12)10-19-17(2,3)4)11-20-15-7-5-14(18)6-8-15/h5-9,19H,10-11H2,1-4H3. The lowest BCUT2D eigenvalue weighted by Crippen LogP contribution is -2.34. The van der Waals surface area contributed by atoms with Gasteiger partial charge in [-0.25, -0.2) is 0 Å². The van der Waals surface area contributed by atoms with E-state index in [4.69, 9.17) is 9.15 Å². The van der Waals surface area contributed by atoms with Gasteiger partial charge in [-0.1, -0.05) is 15.9 Å². The first kappa shape index (κ1) is 16.1. The average molecular weight is 352 g/mol. The Labute approximate surface area is 134 Å². The fourth-order valence-corrected chi connectivity index (χ4v) is 2.13. The van der Waals surface area contributed by atoms with Crippen LogP contribution in [0.3, 0.4) is 0 Å². The maximum absolute atomic E-state index is 5.79. The van der Waals surface area contributed by atoms with Crippen molar-refractivity contribution in [3.63, 3.8) is 0 Å². The van der Waals surface area contributed by atoms with E-state index in [-0.39, 0.29) is 5.54 Å². The number of hydrogen-bond acceptors (Lipinski definition) is 3. The van der Waals surface area contributed by atoms with E-state index < -0.39 is 0 Å². The molecule has 0 aliphatic rings. The zero-order valence-corrected chi connectivity index (χ0v) is 14.6. The lowest BCUT2D eigenvalue weighted by atomic mass is 10.1. The Morgan fingerprint density at radius 2 is 1.86 bits per heavy atom. The first-order valence-corrected chi connectivity index (χ1v) is 7.84.